The number of ether oxygens (including phenoxy) is 1. The Labute approximate surface area is 171 Å². The fourth-order valence-electron chi connectivity index (χ4n) is 2.38. The van der Waals surface area contributed by atoms with Crippen LogP contribution in [0.25, 0.3) is 11.0 Å². The molecule has 7 nitrogen and oxygen atoms in total. The van der Waals surface area contributed by atoms with Gasteiger partial charge in [0.15, 0.2) is 12.4 Å². The number of aryl methyl sites for hydroxylation is 2. The van der Waals surface area contributed by atoms with Crippen LogP contribution in [0.4, 0.5) is 5.82 Å². The van der Waals surface area contributed by atoms with Crippen molar-refractivity contribution in [2.45, 2.75) is 20.8 Å². The van der Waals surface area contributed by atoms with E-state index >= 15 is 0 Å². The van der Waals surface area contributed by atoms with Crippen LogP contribution in [0.15, 0.2) is 24.4 Å². The summed E-state index contributed by atoms with van der Waals surface area (Å²) < 4.78 is 5.06. The molecule has 2 heterocycles. The number of benzene rings is 1. The highest BCUT2D eigenvalue weighted by molar-refractivity contribution is 6.37. The van der Waals surface area contributed by atoms with Gasteiger partial charge in [0.05, 0.1) is 38.0 Å². The number of pyridine rings is 1. The third-order valence-electron chi connectivity index (χ3n) is 4.11. The van der Waals surface area contributed by atoms with Crippen molar-refractivity contribution in [3.8, 4) is 0 Å². The number of amides is 1. The molecule has 0 unspecified atom stereocenters. The number of rotatable bonds is 4. The van der Waals surface area contributed by atoms with Gasteiger partial charge < -0.3 is 10.1 Å². The lowest BCUT2D eigenvalue weighted by molar-refractivity contribution is -0.119. The summed E-state index contributed by atoms with van der Waals surface area (Å²) in [6.07, 6.45) is 1.38. The van der Waals surface area contributed by atoms with Gasteiger partial charge in [0.2, 0.25) is 0 Å². The highest BCUT2D eigenvalue weighted by atomic mass is 35.5. The van der Waals surface area contributed by atoms with Crippen LogP contribution < -0.4 is 5.32 Å². The predicted octanol–water partition coefficient (Wildman–Crippen LogP) is 4.05. The Kier molecular flexibility index (Phi) is 5.76. The monoisotopic (exact) mass is 418 g/mol. The second-order valence-electron chi connectivity index (χ2n) is 6.12. The third-order valence-corrected chi connectivity index (χ3v) is 4.95. The molecule has 0 aliphatic carbocycles. The molecule has 0 saturated carbocycles. The number of hydrogen-bond acceptors (Lipinski definition) is 6. The molecule has 28 heavy (non-hydrogen) atoms. The quantitative estimate of drug-likeness (QED) is 0.642. The van der Waals surface area contributed by atoms with E-state index in [4.69, 9.17) is 27.9 Å². The van der Waals surface area contributed by atoms with Gasteiger partial charge in [0.25, 0.3) is 5.91 Å². The van der Waals surface area contributed by atoms with E-state index in [9.17, 15) is 9.59 Å². The summed E-state index contributed by atoms with van der Waals surface area (Å²) in [7, 11) is 0. The molecule has 0 radical (unpaired) electrons. The number of hydrogen-bond donors (Lipinski definition) is 1. The van der Waals surface area contributed by atoms with Crippen LogP contribution in [0.1, 0.15) is 27.3 Å². The van der Waals surface area contributed by atoms with Gasteiger partial charge in [0, 0.05) is 6.20 Å². The Hall–Kier alpha value is -2.77. The lowest BCUT2D eigenvalue weighted by atomic mass is 10.2. The van der Waals surface area contributed by atoms with Gasteiger partial charge >= 0.3 is 5.97 Å². The van der Waals surface area contributed by atoms with Crippen LogP contribution in [0.5, 0.6) is 0 Å². The van der Waals surface area contributed by atoms with E-state index in [-0.39, 0.29) is 16.4 Å². The smallest absolute Gasteiger partial charge is 0.338 e. The van der Waals surface area contributed by atoms with Crippen LogP contribution in [0.3, 0.4) is 0 Å². The van der Waals surface area contributed by atoms with Gasteiger partial charge in [-0.1, -0.05) is 23.2 Å². The topological polar surface area (TPSA) is 94.1 Å². The normalized spacial score (nSPS) is 10.8. The number of aromatic nitrogens is 3. The van der Waals surface area contributed by atoms with Crippen molar-refractivity contribution in [2.75, 3.05) is 11.9 Å². The van der Waals surface area contributed by atoms with Crippen molar-refractivity contribution in [1.82, 2.24) is 15.0 Å². The summed E-state index contributed by atoms with van der Waals surface area (Å²) in [5.41, 5.74) is 3.72. The molecule has 0 fully saturated rings. The summed E-state index contributed by atoms with van der Waals surface area (Å²) in [6, 6.07) is 4.84. The maximum absolute atomic E-state index is 12.3. The van der Waals surface area contributed by atoms with E-state index in [2.05, 4.69) is 20.3 Å². The minimum absolute atomic E-state index is 0.149. The van der Waals surface area contributed by atoms with Crippen LogP contribution in [-0.4, -0.2) is 33.4 Å². The number of esters is 1. The molecular formula is C19H16Cl2N4O3. The standard InChI is InChI=1S/C19H16Cl2N4O3/c1-9-13(20)7-22-18(17(9)21)25-16(26)8-28-19(27)12-4-5-14-15(6-12)24-11(3)10(2)23-14/h4-7H,8H2,1-3H3,(H,22,25,26). The molecular weight excluding hydrogens is 403 g/mol. The molecule has 0 aliphatic rings. The molecule has 3 rings (SSSR count). The zero-order chi connectivity index (χ0) is 20.4. The number of carbonyl (C=O) groups is 2. The van der Waals surface area contributed by atoms with Gasteiger partial charge in [-0.3, -0.25) is 4.79 Å². The number of carbonyl (C=O) groups excluding carboxylic acids is 2. The largest absolute Gasteiger partial charge is 0.452 e. The summed E-state index contributed by atoms with van der Waals surface area (Å²) in [5, 5.41) is 3.10. The number of halogens is 2. The predicted molar refractivity (Wildman–Crippen MR) is 107 cm³/mol. The molecule has 3 aromatic rings. The molecule has 144 valence electrons. The molecule has 0 spiro atoms. The van der Waals surface area contributed by atoms with Crippen LogP contribution in [0.2, 0.25) is 10.0 Å². The molecule has 1 amide bonds. The first-order chi connectivity index (χ1) is 13.3. The number of nitrogens with one attached hydrogen (secondary N) is 1. The van der Waals surface area contributed by atoms with Crippen LogP contribution >= 0.6 is 23.2 Å². The lowest BCUT2D eigenvalue weighted by Crippen LogP contribution is -2.21. The second kappa shape index (κ2) is 8.08. The minimum atomic E-state index is -0.650. The van der Waals surface area contributed by atoms with E-state index in [0.29, 0.717) is 21.6 Å². The van der Waals surface area contributed by atoms with E-state index in [0.717, 1.165) is 11.4 Å². The second-order valence-corrected chi connectivity index (χ2v) is 6.90. The Morgan fingerprint density at radius 1 is 1.07 bits per heavy atom. The molecule has 0 saturated heterocycles. The lowest BCUT2D eigenvalue weighted by Gasteiger charge is -2.10. The van der Waals surface area contributed by atoms with E-state index in [1.807, 2.05) is 13.8 Å². The van der Waals surface area contributed by atoms with Crippen molar-refractivity contribution in [2.24, 2.45) is 0 Å². The highest BCUT2D eigenvalue weighted by Crippen LogP contribution is 2.28. The Morgan fingerprint density at radius 2 is 1.75 bits per heavy atom. The van der Waals surface area contributed by atoms with Gasteiger partial charge in [0.1, 0.15) is 0 Å². The van der Waals surface area contributed by atoms with Gasteiger partial charge in [-0.15, -0.1) is 0 Å². The van der Waals surface area contributed by atoms with Gasteiger partial charge in [-0.25, -0.2) is 19.7 Å². The number of fused-ring (bicyclic) bond motifs is 1. The summed E-state index contributed by atoms with van der Waals surface area (Å²) >= 11 is 12.0. The summed E-state index contributed by atoms with van der Waals surface area (Å²) in [5.74, 6) is -1.07. The van der Waals surface area contributed by atoms with Gasteiger partial charge in [-0.2, -0.15) is 0 Å². The maximum Gasteiger partial charge on any atom is 0.338 e. The number of anilines is 1. The first kappa shape index (κ1) is 20.0. The fourth-order valence-corrected chi connectivity index (χ4v) is 2.77. The molecule has 1 aromatic carbocycles. The minimum Gasteiger partial charge on any atom is -0.452 e. The fraction of sp³-hybridized carbons (Fsp3) is 0.211. The Bertz CT molecular complexity index is 1100. The zero-order valence-electron chi connectivity index (χ0n) is 15.3. The SMILES string of the molecule is Cc1nc2ccc(C(=O)OCC(=O)Nc3ncc(Cl)c(C)c3Cl)cc2nc1C. The molecule has 2 aromatic heterocycles. The van der Waals surface area contributed by atoms with E-state index in [1.165, 1.54) is 6.20 Å². The van der Waals surface area contributed by atoms with Crippen LogP contribution in [-0.2, 0) is 9.53 Å². The van der Waals surface area contributed by atoms with E-state index in [1.54, 1.807) is 25.1 Å². The van der Waals surface area contributed by atoms with Crippen LogP contribution in [0, 0.1) is 20.8 Å². The Balaban J connectivity index is 1.67. The highest BCUT2D eigenvalue weighted by Gasteiger charge is 2.15. The summed E-state index contributed by atoms with van der Waals surface area (Å²) in [6.45, 7) is 4.92. The molecule has 0 bridgehead atoms. The zero-order valence-corrected chi connectivity index (χ0v) is 16.9. The molecule has 0 atom stereocenters. The van der Waals surface area contributed by atoms with Crippen molar-refractivity contribution >= 4 is 51.9 Å². The third kappa shape index (κ3) is 4.21. The van der Waals surface area contributed by atoms with Crippen molar-refractivity contribution in [3.05, 3.63) is 57.0 Å². The van der Waals surface area contributed by atoms with Crippen molar-refractivity contribution in [3.63, 3.8) is 0 Å². The van der Waals surface area contributed by atoms with Gasteiger partial charge in [-0.05, 0) is 44.5 Å². The first-order valence-corrected chi connectivity index (χ1v) is 9.04. The molecule has 9 heteroatoms. The van der Waals surface area contributed by atoms with Crippen molar-refractivity contribution < 1.29 is 14.3 Å². The number of nitrogens with zero attached hydrogens (tertiary/aromatic N) is 3. The average Bonchev–Trinajstić information content (AvgIpc) is 2.67. The summed E-state index contributed by atoms with van der Waals surface area (Å²) in [4.78, 5) is 37.1. The maximum atomic E-state index is 12.3. The molecule has 1 N–H and O–H groups in total. The average molecular weight is 419 g/mol. The van der Waals surface area contributed by atoms with Crippen molar-refractivity contribution in [1.29, 1.82) is 0 Å². The van der Waals surface area contributed by atoms with E-state index < -0.39 is 18.5 Å². The first-order valence-electron chi connectivity index (χ1n) is 8.29. The molecule has 0 aliphatic heterocycles. The Morgan fingerprint density at radius 3 is 2.46 bits per heavy atom.